The van der Waals surface area contributed by atoms with Crippen LogP contribution in [0.5, 0.6) is 5.75 Å². The maximum Gasteiger partial charge on any atom is 0.410 e. The highest BCUT2D eigenvalue weighted by Crippen LogP contribution is 2.42. The number of aryl methyl sites for hydroxylation is 1. The smallest absolute Gasteiger partial charge is 0.410 e. The van der Waals surface area contributed by atoms with Gasteiger partial charge in [0.15, 0.2) is 0 Å². The van der Waals surface area contributed by atoms with Crippen molar-refractivity contribution in [3.8, 4) is 5.75 Å². The summed E-state index contributed by atoms with van der Waals surface area (Å²) >= 11 is 0. The highest BCUT2D eigenvalue weighted by atomic mass is 16.6. The van der Waals surface area contributed by atoms with Gasteiger partial charge in [0.1, 0.15) is 11.4 Å². The van der Waals surface area contributed by atoms with Crippen molar-refractivity contribution in [2.45, 2.75) is 98.8 Å². The van der Waals surface area contributed by atoms with Crippen molar-refractivity contribution in [2.75, 3.05) is 12.3 Å². The number of benzene rings is 1. The van der Waals surface area contributed by atoms with Gasteiger partial charge >= 0.3 is 6.09 Å². The molecule has 1 aliphatic heterocycles. The summed E-state index contributed by atoms with van der Waals surface area (Å²) in [5.74, 6) is 1.11. The number of rotatable bonds is 3. The van der Waals surface area contributed by atoms with Crippen molar-refractivity contribution in [2.24, 2.45) is 5.41 Å². The number of amides is 1. The Hall–Kier alpha value is -1.91. The van der Waals surface area contributed by atoms with Crippen molar-refractivity contribution in [1.82, 2.24) is 4.90 Å². The lowest BCUT2D eigenvalue weighted by Crippen LogP contribution is -2.52. The molecule has 1 fully saturated rings. The first kappa shape index (κ1) is 23.4. The summed E-state index contributed by atoms with van der Waals surface area (Å²) in [7, 11) is 0. The van der Waals surface area contributed by atoms with Crippen molar-refractivity contribution in [3.05, 3.63) is 23.3 Å². The van der Waals surface area contributed by atoms with Crippen LogP contribution in [0, 0.1) is 12.3 Å². The highest BCUT2D eigenvalue weighted by molar-refractivity contribution is 5.69. The van der Waals surface area contributed by atoms with Crippen molar-refractivity contribution in [1.29, 1.82) is 0 Å². The lowest BCUT2D eigenvalue weighted by Gasteiger charge is -2.46. The zero-order chi connectivity index (χ0) is 22.1. The maximum absolute atomic E-state index is 12.9. The molecule has 0 saturated carbocycles. The van der Waals surface area contributed by atoms with Gasteiger partial charge in [-0.2, -0.15) is 0 Å². The molecule has 164 valence electrons. The van der Waals surface area contributed by atoms with Crippen LogP contribution in [0.4, 0.5) is 10.5 Å². The molecule has 1 aliphatic rings. The fourth-order valence-corrected chi connectivity index (χ4v) is 4.13. The van der Waals surface area contributed by atoms with E-state index in [-0.39, 0.29) is 23.7 Å². The molecular formula is C24H40N2O3. The second-order valence-corrected chi connectivity index (χ2v) is 10.7. The molecule has 1 saturated heterocycles. The van der Waals surface area contributed by atoms with Crippen molar-refractivity contribution >= 4 is 11.8 Å². The minimum atomic E-state index is -0.493. The van der Waals surface area contributed by atoms with Crippen LogP contribution in [0.1, 0.15) is 85.3 Å². The fourth-order valence-electron chi connectivity index (χ4n) is 4.13. The van der Waals surface area contributed by atoms with Crippen LogP contribution >= 0.6 is 0 Å². The molecule has 2 unspecified atom stereocenters. The first-order valence-electron chi connectivity index (χ1n) is 10.8. The predicted molar refractivity (Wildman–Crippen MR) is 120 cm³/mol. The van der Waals surface area contributed by atoms with E-state index in [2.05, 4.69) is 33.8 Å². The minimum absolute atomic E-state index is 0.0471. The number of nitrogens with two attached hydrogens (primary N) is 1. The Labute approximate surface area is 176 Å². The molecule has 5 heteroatoms. The Bertz CT molecular complexity index is 729. The van der Waals surface area contributed by atoms with E-state index >= 15 is 0 Å². The Morgan fingerprint density at radius 2 is 1.79 bits per heavy atom. The van der Waals surface area contributed by atoms with Gasteiger partial charge in [-0.05, 0) is 89.0 Å². The van der Waals surface area contributed by atoms with Gasteiger partial charge in [0.05, 0.1) is 11.8 Å². The molecule has 2 rings (SSSR count). The number of hydrogen-bond donors (Lipinski definition) is 1. The highest BCUT2D eigenvalue weighted by Gasteiger charge is 2.41. The van der Waals surface area contributed by atoms with Crippen LogP contribution in [0.25, 0.3) is 0 Å². The second kappa shape index (κ2) is 8.45. The third-order valence-electron chi connectivity index (χ3n) is 5.43. The standard InChI is InChI=1S/C24H40N2O3/c1-15(2)28-20-14-18(16(3)12-19(20)25)17-10-11-26(21(13-17)23(4,5)6)22(27)29-24(7,8)9/h12,14-15,17,21H,10-11,13,25H2,1-9H3. The van der Waals surface area contributed by atoms with E-state index in [1.165, 1.54) is 11.1 Å². The molecular weight excluding hydrogens is 364 g/mol. The molecule has 1 amide bonds. The first-order valence-corrected chi connectivity index (χ1v) is 10.8. The summed E-state index contributed by atoms with van der Waals surface area (Å²) < 4.78 is 11.6. The predicted octanol–water partition coefficient (Wildman–Crippen LogP) is 5.89. The Morgan fingerprint density at radius 3 is 2.31 bits per heavy atom. The van der Waals surface area contributed by atoms with Crippen LogP contribution in [0.3, 0.4) is 0 Å². The van der Waals surface area contributed by atoms with Gasteiger partial charge in [0, 0.05) is 12.6 Å². The largest absolute Gasteiger partial charge is 0.489 e. The first-order chi connectivity index (χ1) is 13.2. The summed E-state index contributed by atoms with van der Waals surface area (Å²) in [5, 5.41) is 0. The van der Waals surface area contributed by atoms with Gasteiger partial charge in [-0.3, -0.25) is 0 Å². The number of ether oxygens (including phenoxy) is 2. The Balaban J connectivity index is 2.31. The van der Waals surface area contributed by atoms with E-state index in [0.29, 0.717) is 18.2 Å². The zero-order valence-electron chi connectivity index (χ0n) is 19.8. The van der Waals surface area contributed by atoms with Gasteiger partial charge in [-0.25, -0.2) is 4.79 Å². The van der Waals surface area contributed by atoms with Crippen LogP contribution in [-0.4, -0.2) is 35.3 Å². The summed E-state index contributed by atoms with van der Waals surface area (Å²) in [5.41, 5.74) is 8.78. The number of likely N-dealkylation sites (tertiary alicyclic amines) is 1. The Kier molecular flexibility index (Phi) is 6.81. The van der Waals surface area contributed by atoms with Gasteiger partial charge in [-0.1, -0.05) is 20.8 Å². The van der Waals surface area contributed by atoms with Gasteiger partial charge in [0.25, 0.3) is 0 Å². The number of nitrogens with zero attached hydrogens (tertiary/aromatic N) is 1. The summed E-state index contributed by atoms with van der Waals surface area (Å²) in [6.45, 7) is 19.1. The molecule has 1 heterocycles. The normalized spacial score (nSPS) is 20.7. The third-order valence-corrected chi connectivity index (χ3v) is 5.43. The average Bonchev–Trinajstić information content (AvgIpc) is 2.54. The molecule has 0 radical (unpaired) electrons. The van der Waals surface area contributed by atoms with Crippen LogP contribution in [0.15, 0.2) is 12.1 Å². The van der Waals surface area contributed by atoms with Crippen LogP contribution < -0.4 is 10.5 Å². The van der Waals surface area contributed by atoms with Crippen molar-refractivity contribution in [3.63, 3.8) is 0 Å². The minimum Gasteiger partial charge on any atom is -0.489 e. The number of piperidine rings is 1. The fraction of sp³-hybridized carbons (Fsp3) is 0.708. The maximum atomic E-state index is 12.9. The van der Waals surface area contributed by atoms with E-state index in [4.69, 9.17) is 15.2 Å². The quantitative estimate of drug-likeness (QED) is 0.638. The molecule has 2 atom stereocenters. The lowest BCUT2D eigenvalue weighted by atomic mass is 9.74. The molecule has 2 N–H and O–H groups in total. The van der Waals surface area contributed by atoms with Gasteiger partial charge in [-0.15, -0.1) is 0 Å². The monoisotopic (exact) mass is 404 g/mol. The zero-order valence-corrected chi connectivity index (χ0v) is 19.8. The number of anilines is 1. The molecule has 29 heavy (non-hydrogen) atoms. The Morgan fingerprint density at radius 1 is 1.17 bits per heavy atom. The molecule has 0 spiro atoms. The van der Waals surface area contributed by atoms with E-state index in [1.54, 1.807) is 0 Å². The lowest BCUT2D eigenvalue weighted by molar-refractivity contribution is -0.0101. The van der Waals surface area contributed by atoms with E-state index in [9.17, 15) is 4.79 Å². The van der Waals surface area contributed by atoms with Crippen LogP contribution in [-0.2, 0) is 4.74 Å². The SMILES string of the molecule is Cc1cc(N)c(OC(C)C)cc1C1CCN(C(=O)OC(C)(C)C)C(C(C)(C)C)C1. The molecule has 0 aromatic heterocycles. The van der Waals surface area contributed by atoms with E-state index in [0.717, 1.165) is 18.6 Å². The molecule has 1 aromatic carbocycles. The van der Waals surface area contributed by atoms with Gasteiger partial charge in [0.2, 0.25) is 0 Å². The van der Waals surface area contributed by atoms with E-state index < -0.39 is 5.60 Å². The average molecular weight is 405 g/mol. The molecule has 0 aliphatic carbocycles. The summed E-state index contributed by atoms with van der Waals surface area (Å²) in [6.07, 6.45) is 1.66. The topological polar surface area (TPSA) is 64.8 Å². The van der Waals surface area contributed by atoms with Crippen LogP contribution in [0.2, 0.25) is 0 Å². The molecule has 5 nitrogen and oxygen atoms in total. The third kappa shape index (κ3) is 6.03. The summed E-state index contributed by atoms with van der Waals surface area (Å²) in [4.78, 5) is 14.8. The van der Waals surface area contributed by atoms with Crippen molar-refractivity contribution < 1.29 is 14.3 Å². The second-order valence-electron chi connectivity index (χ2n) is 10.7. The number of hydrogen-bond acceptors (Lipinski definition) is 4. The van der Waals surface area contributed by atoms with Gasteiger partial charge < -0.3 is 20.1 Å². The number of nitrogen functional groups attached to an aromatic ring is 1. The summed E-state index contributed by atoms with van der Waals surface area (Å²) in [6, 6.07) is 4.22. The van der Waals surface area contributed by atoms with E-state index in [1.807, 2.05) is 45.6 Å². The number of carbonyl (C=O) groups excluding carboxylic acids is 1. The molecule has 1 aromatic rings. The number of carbonyl (C=O) groups is 1. The molecule has 0 bridgehead atoms.